The van der Waals surface area contributed by atoms with Gasteiger partial charge in [-0.2, -0.15) is 13.2 Å². The Morgan fingerprint density at radius 3 is 2.23 bits per heavy atom. The molecule has 0 radical (unpaired) electrons. The van der Waals surface area contributed by atoms with E-state index in [0.29, 0.717) is 30.5 Å². The van der Waals surface area contributed by atoms with Gasteiger partial charge < -0.3 is 20.0 Å². The van der Waals surface area contributed by atoms with E-state index in [9.17, 15) is 27.6 Å². The van der Waals surface area contributed by atoms with Gasteiger partial charge in [0.15, 0.2) is 0 Å². The molecule has 0 aromatic heterocycles. The van der Waals surface area contributed by atoms with Crippen molar-refractivity contribution in [2.75, 3.05) is 32.7 Å². The molecule has 3 fully saturated rings. The molecule has 2 saturated heterocycles. The average molecular weight is 585 g/mol. The van der Waals surface area contributed by atoms with Crippen LogP contribution in [0.4, 0.5) is 18.0 Å². The molecular weight excluding hydrogens is 545 g/mol. The second kappa shape index (κ2) is 12.6. The van der Waals surface area contributed by atoms with Crippen LogP contribution in [0.25, 0.3) is 0 Å². The van der Waals surface area contributed by atoms with Crippen LogP contribution >= 0.6 is 11.6 Å². The molecule has 2 heterocycles. The van der Waals surface area contributed by atoms with Crippen molar-refractivity contribution < 1.29 is 27.6 Å². The first-order valence-corrected chi connectivity index (χ1v) is 14.7. The molecule has 3 atom stereocenters. The lowest BCUT2D eigenvalue weighted by molar-refractivity contribution is -0.142. The summed E-state index contributed by atoms with van der Waals surface area (Å²) in [6.07, 6.45) is 0.253. The Hall–Kier alpha value is -2.49. The number of rotatable bonds is 6. The van der Waals surface area contributed by atoms with Gasteiger partial charge in [0.25, 0.3) is 0 Å². The number of hydrogen-bond donors (Lipinski definition) is 1. The van der Waals surface area contributed by atoms with Crippen LogP contribution in [0.1, 0.15) is 64.4 Å². The predicted octanol–water partition coefficient (Wildman–Crippen LogP) is 5.29. The van der Waals surface area contributed by atoms with Crippen LogP contribution in [0, 0.1) is 17.8 Å². The zero-order valence-corrected chi connectivity index (χ0v) is 24.2. The van der Waals surface area contributed by atoms with Gasteiger partial charge in [0.05, 0.1) is 12.0 Å². The Bertz CT molecular complexity index is 1060. The Labute approximate surface area is 239 Å². The van der Waals surface area contributed by atoms with E-state index in [1.54, 1.807) is 29.2 Å². The van der Waals surface area contributed by atoms with Gasteiger partial charge in [-0.1, -0.05) is 44.5 Å². The summed E-state index contributed by atoms with van der Waals surface area (Å²) in [6.45, 7) is 5.69. The number of carbonyl (C=O) groups is 3. The lowest BCUT2D eigenvalue weighted by Gasteiger charge is -2.41. The van der Waals surface area contributed by atoms with E-state index in [4.69, 9.17) is 11.6 Å². The molecule has 1 unspecified atom stereocenters. The van der Waals surface area contributed by atoms with E-state index in [1.165, 1.54) is 4.90 Å². The summed E-state index contributed by atoms with van der Waals surface area (Å²) in [5.41, 5.74) is 0.803. The third-order valence-electron chi connectivity index (χ3n) is 8.66. The van der Waals surface area contributed by atoms with Crippen LogP contribution in [-0.4, -0.2) is 83.5 Å². The second-order valence-electron chi connectivity index (χ2n) is 12.0. The van der Waals surface area contributed by atoms with E-state index in [2.05, 4.69) is 6.92 Å². The van der Waals surface area contributed by atoms with E-state index in [1.807, 2.05) is 24.1 Å². The molecule has 1 N–H and O–H groups in total. The largest absolute Gasteiger partial charge is 0.405 e. The van der Waals surface area contributed by atoms with Gasteiger partial charge in [-0.05, 0) is 55.7 Å². The van der Waals surface area contributed by atoms with Crippen LogP contribution in [0.5, 0.6) is 0 Å². The van der Waals surface area contributed by atoms with Gasteiger partial charge in [0.1, 0.15) is 6.54 Å². The van der Waals surface area contributed by atoms with Crippen molar-refractivity contribution in [2.45, 2.75) is 77.1 Å². The molecule has 40 heavy (non-hydrogen) atoms. The van der Waals surface area contributed by atoms with Crippen LogP contribution in [-0.2, 0) is 9.59 Å². The van der Waals surface area contributed by atoms with Gasteiger partial charge in [-0.3, -0.25) is 9.59 Å². The summed E-state index contributed by atoms with van der Waals surface area (Å²) in [4.78, 5) is 45.0. The maximum Gasteiger partial charge on any atom is 0.405 e. The Kier molecular flexibility index (Phi) is 9.58. The van der Waals surface area contributed by atoms with Crippen LogP contribution in [0.2, 0.25) is 5.02 Å². The molecule has 1 aliphatic carbocycles. The monoisotopic (exact) mass is 584 g/mol. The van der Waals surface area contributed by atoms with Gasteiger partial charge in [0.2, 0.25) is 11.8 Å². The number of nitrogens with zero attached hydrogens (tertiary/aromatic N) is 3. The smallest absolute Gasteiger partial charge is 0.340 e. The summed E-state index contributed by atoms with van der Waals surface area (Å²) >= 11 is 6.06. The molecule has 4 amide bonds. The topological polar surface area (TPSA) is 73.0 Å². The third-order valence-corrected chi connectivity index (χ3v) is 8.91. The Morgan fingerprint density at radius 1 is 0.975 bits per heavy atom. The van der Waals surface area contributed by atoms with Gasteiger partial charge in [-0.25, -0.2) is 4.79 Å². The maximum atomic E-state index is 13.9. The molecule has 11 heteroatoms. The highest BCUT2D eigenvalue weighted by molar-refractivity contribution is 6.30. The fourth-order valence-electron chi connectivity index (χ4n) is 6.44. The van der Waals surface area contributed by atoms with Crippen LogP contribution in [0.15, 0.2) is 24.3 Å². The molecular formula is C29H40ClF3N4O3. The molecule has 1 aromatic rings. The second-order valence-corrected chi connectivity index (χ2v) is 12.4. The molecule has 2 aliphatic heterocycles. The lowest BCUT2D eigenvalue weighted by Crippen LogP contribution is -2.51. The fourth-order valence-corrected chi connectivity index (χ4v) is 6.56. The molecule has 3 aliphatic rings. The number of likely N-dealkylation sites (tertiary alicyclic amines) is 2. The van der Waals surface area contributed by atoms with Crippen molar-refractivity contribution in [3.63, 3.8) is 0 Å². The number of carbonyl (C=O) groups excluding carboxylic acids is 3. The molecule has 7 nitrogen and oxygen atoms in total. The van der Waals surface area contributed by atoms with Crippen molar-refractivity contribution in [1.82, 2.24) is 20.0 Å². The molecule has 1 aromatic carbocycles. The van der Waals surface area contributed by atoms with E-state index < -0.39 is 24.7 Å². The summed E-state index contributed by atoms with van der Waals surface area (Å²) in [6, 6.07) is 6.26. The molecule has 222 valence electrons. The number of amides is 4. The van der Waals surface area contributed by atoms with Gasteiger partial charge >= 0.3 is 12.2 Å². The standard InChI is InChI=1S/C29H40ClF3N4O3/c1-18(2)26(38)37(22-10-4-19(3)5-11-22)23-12-13-35(14-23)27(39)25-16-36(28(40)34-17-29(31,32)33)15-24(25)20-6-8-21(30)9-7-20/h6-9,18-19,22-25H,4-5,10-17H2,1-3H3,(H,34,40)/t19?,22?,23-,24+,25?/m0/s1. The lowest BCUT2D eigenvalue weighted by atomic mass is 9.85. The Morgan fingerprint density at radius 2 is 1.62 bits per heavy atom. The molecule has 1 saturated carbocycles. The fraction of sp³-hybridized carbons (Fsp3) is 0.690. The normalized spacial score (nSPS) is 27.2. The molecule has 4 rings (SSSR count). The number of alkyl halides is 3. The van der Waals surface area contributed by atoms with Crippen molar-refractivity contribution in [3.05, 3.63) is 34.9 Å². The SMILES string of the molecule is CC1CCC(N(C(=O)C(C)C)[C@H]2CCN(C(=O)C3CN(C(=O)NCC(F)(F)F)C[C@@H]3c3ccc(Cl)cc3)C2)CC1. The van der Waals surface area contributed by atoms with Crippen LogP contribution < -0.4 is 5.32 Å². The summed E-state index contributed by atoms with van der Waals surface area (Å²) in [7, 11) is 0. The zero-order valence-electron chi connectivity index (χ0n) is 23.4. The third kappa shape index (κ3) is 7.22. The number of benzene rings is 1. The van der Waals surface area contributed by atoms with Crippen molar-refractivity contribution in [1.29, 1.82) is 0 Å². The number of halogens is 4. The number of hydrogen-bond acceptors (Lipinski definition) is 3. The van der Waals surface area contributed by atoms with E-state index >= 15 is 0 Å². The van der Waals surface area contributed by atoms with Gasteiger partial charge in [0, 0.05) is 49.1 Å². The van der Waals surface area contributed by atoms with Crippen LogP contribution in [0.3, 0.4) is 0 Å². The minimum atomic E-state index is -4.53. The first-order chi connectivity index (χ1) is 18.8. The average Bonchev–Trinajstić information content (AvgIpc) is 3.56. The summed E-state index contributed by atoms with van der Waals surface area (Å²) in [5, 5.41) is 2.46. The first kappa shape index (κ1) is 30.5. The highest BCUT2D eigenvalue weighted by Crippen LogP contribution is 2.37. The quantitative estimate of drug-likeness (QED) is 0.494. The van der Waals surface area contributed by atoms with E-state index in [-0.39, 0.29) is 48.8 Å². The van der Waals surface area contributed by atoms with E-state index in [0.717, 1.165) is 31.2 Å². The maximum absolute atomic E-state index is 13.9. The van der Waals surface area contributed by atoms with Crippen molar-refractivity contribution >= 4 is 29.4 Å². The Balaban J connectivity index is 1.50. The minimum absolute atomic E-state index is 0.0200. The molecule has 0 spiro atoms. The highest BCUT2D eigenvalue weighted by atomic mass is 35.5. The number of urea groups is 1. The number of nitrogens with one attached hydrogen (secondary N) is 1. The zero-order chi connectivity index (χ0) is 29.2. The van der Waals surface area contributed by atoms with Crippen molar-refractivity contribution in [2.24, 2.45) is 17.8 Å². The minimum Gasteiger partial charge on any atom is -0.340 e. The predicted molar refractivity (Wildman–Crippen MR) is 147 cm³/mol. The summed E-state index contributed by atoms with van der Waals surface area (Å²) < 4.78 is 38.2. The van der Waals surface area contributed by atoms with Gasteiger partial charge in [-0.15, -0.1) is 0 Å². The van der Waals surface area contributed by atoms with Crippen molar-refractivity contribution in [3.8, 4) is 0 Å². The molecule has 0 bridgehead atoms. The summed E-state index contributed by atoms with van der Waals surface area (Å²) in [5.74, 6) is -0.501. The highest BCUT2D eigenvalue weighted by Gasteiger charge is 2.45. The first-order valence-electron chi connectivity index (χ1n) is 14.3.